The third-order valence-electron chi connectivity index (χ3n) is 3.42. The molecule has 0 radical (unpaired) electrons. The maximum Gasteiger partial charge on any atom is 0.374 e. The van der Waals surface area contributed by atoms with Crippen molar-refractivity contribution in [2.75, 3.05) is 13.2 Å². The number of nitrogens with one attached hydrogen (secondary N) is 1. The Hall–Kier alpha value is -1.09. The van der Waals surface area contributed by atoms with Crippen LogP contribution in [-0.2, 0) is 14.8 Å². The van der Waals surface area contributed by atoms with Crippen LogP contribution in [0.5, 0.6) is 0 Å². The largest absolute Gasteiger partial charge is 0.460 e. The number of hydrogen-bond acceptors (Lipinski definition) is 6. The van der Waals surface area contributed by atoms with Gasteiger partial charge in [-0.2, -0.15) is 0 Å². The van der Waals surface area contributed by atoms with E-state index in [9.17, 15) is 13.2 Å². The zero-order chi connectivity index (χ0) is 16.1. The lowest BCUT2D eigenvalue weighted by Crippen LogP contribution is -2.52. The molecule has 128 valence electrons. The fourth-order valence-corrected chi connectivity index (χ4v) is 3.33. The topological polar surface area (TPSA) is 112 Å². The number of rotatable bonds is 8. The molecule has 1 aromatic heterocycles. The second-order valence-electron chi connectivity index (χ2n) is 4.64. The van der Waals surface area contributed by atoms with Crippen LogP contribution >= 0.6 is 12.4 Å². The first-order chi connectivity index (χ1) is 9.84. The van der Waals surface area contributed by atoms with E-state index in [1.807, 2.05) is 13.8 Å². The highest BCUT2D eigenvalue weighted by molar-refractivity contribution is 7.89. The minimum atomic E-state index is -3.89. The van der Waals surface area contributed by atoms with Gasteiger partial charge in [-0.25, -0.2) is 17.9 Å². The summed E-state index contributed by atoms with van der Waals surface area (Å²) in [4.78, 5) is 11.5. The smallest absolute Gasteiger partial charge is 0.374 e. The van der Waals surface area contributed by atoms with E-state index < -0.39 is 21.5 Å². The Labute approximate surface area is 137 Å². The average molecular weight is 355 g/mol. The molecule has 0 aliphatic heterocycles. The average Bonchev–Trinajstić information content (AvgIpc) is 2.96. The Morgan fingerprint density at radius 3 is 2.36 bits per heavy atom. The summed E-state index contributed by atoms with van der Waals surface area (Å²) in [5, 5.41) is -0.328. The van der Waals surface area contributed by atoms with Crippen LogP contribution in [0.15, 0.2) is 21.6 Å². The number of halogens is 1. The lowest BCUT2D eigenvalue weighted by atomic mass is 9.95. The zero-order valence-corrected chi connectivity index (χ0v) is 14.6. The number of carbonyl (C=O) groups excluding carboxylic acids is 1. The molecule has 0 atom stereocenters. The number of esters is 1. The first-order valence-electron chi connectivity index (χ1n) is 6.85. The summed E-state index contributed by atoms with van der Waals surface area (Å²) in [5.74, 6) is -0.849. The van der Waals surface area contributed by atoms with Crippen molar-refractivity contribution in [3.8, 4) is 0 Å². The Balaban J connectivity index is 0.00000441. The van der Waals surface area contributed by atoms with E-state index in [1.165, 1.54) is 12.1 Å². The molecule has 22 heavy (non-hydrogen) atoms. The lowest BCUT2D eigenvalue weighted by Gasteiger charge is -2.30. The molecule has 0 aliphatic rings. The number of furan rings is 1. The van der Waals surface area contributed by atoms with Crippen molar-refractivity contribution in [1.29, 1.82) is 0 Å². The van der Waals surface area contributed by atoms with Crippen molar-refractivity contribution < 1.29 is 22.4 Å². The first kappa shape index (κ1) is 20.9. The standard InChI is InChI=1S/C13H22N2O5S.ClH/c1-4-13(5-2,9-14)15-21(17,18)11-8-7-10(20-11)12(16)19-6-3;/h7-8,15H,4-6,9,14H2,1-3H3;1H. The van der Waals surface area contributed by atoms with Gasteiger partial charge in [0.05, 0.1) is 6.61 Å². The molecule has 0 aromatic carbocycles. The van der Waals surface area contributed by atoms with Gasteiger partial charge in [0.2, 0.25) is 10.9 Å². The van der Waals surface area contributed by atoms with E-state index in [-0.39, 0.29) is 36.4 Å². The molecule has 0 unspecified atom stereocenters. The van der Waals surface area contributed by atoms with Crippen molar-refractivity contribution >= 4 is 28.4 Å². The number of nitrogens with two attached hydrogens (primary N) is 1. The number of sulfonamides is 1. The Morgan fingerprint density at radius 1 is 1.32 bits per heavy atom. The molecule has 1 rings (SSSR count). The van der Waals surface area contributed by atoms with Crippen molar-refractivity contribution in [1.82, 2.24) is 4.72 Å². The van der Waals surface area contributed by atoms with Gasteiger partial charge in [-0.05, 0) is 31.9 Å². The molecule has 0 spiro atoms. The van der Waals surface area contributed by atoms with Gasteiger partial charge in [0.1, 0.15) is 0 Å². The highest BCUT2D eigenvalue weighted by Gasteiger charge is 2.32. The normalized spacial score (nSPS) is 11.8. The Morgan fingerprint density at radius 2 is 1.91 bits per heavy atom. The maximum absolute atomic E-state index is 12.3. The first-order valence-corrected chi connectivity index (χ1v) is 8.33. The van der Waals surface area contributed by atoms with Gasteiger partial charge in [0, 0.05) is 12.1 Å². The van der Waals surface area contributed by atoms with Crippen LogP contribution in [0.25, 0.3) is 0 Å². The summed E-state index contributed by atoms with van der Waals surface area (Å²) in [5.41, 5.74) is 4.95. The van der Waals surface area contributed by atoms with E-state index in [0.29, 0.717) is 12.8 Å². The molecule has 0 fully saturated rings. The Bertz CT molecular complexity index is 573. The van der Waals surface area contributed by atoms with Crippen molar-refractivity contribution in [3.63, 3.8) is 0 Å². The molecule has 0 saturated carbocycles. The summed E-state index contributed by atoms with van der Waals surface area (Å²) >= 11 is 0. The molecular formula is C13H23ClN2O5S. The van der Waals surface area contributed by atoms with Crippen LogP contribution in [0.1, 0.15) is 44.2 Å². The van der Waals surface area contributed by atoms with E-state index in [1.54, 1.807) is 6.92 Å². The minimum absolute atomic E-state index is 0. The highest BCUT2D eigenvalue weighted by Crippen LogP contribution is 2.20. The fraction of sp³-hybridized carbons (Fsp3) is 0.615. The van der Waals surface area contributed by atoms with Crippen molar-refractivity contribution in [2.24, 2.45) is 5.73 Å². The van der Waals surface area contributed by atoms with Gasteiger partial charge in [0.15, 0.2) is 0 Å². The third kappa shape index (κ3) is 4.70. The molecule has 0 saturated heterocycles. The van der Waals surface area contributed by atoms with Crippen LogP contribution in [0.4, 0.5) is 0 Å². The second-order valence-corrected chi connectivity index (χ2v) is 6.25. The molecule has 0 aliphatic carbocycles. The van der Waals surface area contributed by atoms with Crippen molar-refractivity contribution in [2.45, 2.75) is 44.2 Å². The molecule has 1 heterocycles. The summed E-state index contributed by atoms with van der Waals surface area (Å²) < 4.78 is 37.0. The summed E-state index contributed by atoms with van der Waals surface area (Å²) in [6.45, 7) is 5.71. The van der Waals surface area contributed by atoms with Crippen LogP contribution < -0.4 is 10.5 Å². The molecule has 1 aromatic rings. The predicted octanol–water partition coefficient (Wildman–Crippen LogP) is 1.67. The number of ether oxygens (including phenoxy) is 1. The predicted molar refractivity (Wildman–Crippen MR) is 84.6 cm³/mol. The molecule has 3 N–H and O–H groups in total. The SMILES string of the molecule is CCOC(=O)c1ccc(S(=O)(=O)NC(CC)(CC)CN)o1.Cl. The molecule has 7 nitrogen and oxygen atoms in total. The monoisotopic (exact) mass is 354 g/mol. The maximum atomic E-state index is 12.3. The Kier molecular flexibility index (Phi) is 8.10. The second kappa shape index (κ2) is 8.52. The van der Waals surface area contributed by atoms with Gasteiger partial charge in [-0.3, -0.25) is 0 Å². The van der Waals surface area contributed by atoms with E-state index in [4.69, 9.17) is 14.9 Å². The van der Waals surface area contributed by atoms with Gasteiger partial charge < -0.3 is 14.9 Å². The number of hydrogen-bond donors (Lipinski definition) is 2. The highest BCUT2D eigenvalue weighted by atomic mass is 35.5. The van der Waals surface area contributed by atoms with Crippen LogP contribution in [0, 0.1) is 0 Å². The van der Waals surface area contributed by atoms with Crippen LogP contribution in [0.2, 0.25) is 0 Å². The minimum Gasteiger partial charge on any atom is -0.460 e. The molecule has 9 heteroatoms. The molecular weight excluding hydrogens is 332 g/mol. The van der Waals surface area contributed by atoms with Gasteiger partial charge in [-0.15, -0.1) is 12.4 Å². The summed E-state index contributed by atoms with van der Waals surface area (Å²) in [6, 6.07) is 2.50. The van der Waals surface area contributed by atoms with Crippen LogP contribution in [-0.4, -0.2) is 33.1 Å². The van der Waals surface area contributed by atoms with Gasteiger partial charge in [-0.1, -0.05) is 13.8 Å². The fourth-order valence-electron chi connectivity index (χ4n) is 1.84. The number of carbonyl (C=O) groups is 1. The third-order valence-corrected chi connectivity index (χ3v) is 4.87. The quantitative estimate of drug-likeness (QED) is 0.687. The van der Waals surface area contributed by atoms with E-state index in [2.05, 4.69) is 4.72 Å². The van der Waals surface area contributed by atoms with Crippen LogP contribution in [0.3, 0.4) is 0 Å². The summed E-state index contributed by atoms with van der Waals surface area (Å²) in [7, 11) is -3.89. The zero-order valence-electron chi connectivity index (χ0n) is 12.9. The molecule has 0 bridgehead atoms. The van der Waals surface area contributed by atoms with E-state index >= 15 is 0 Å². The molecule has 0 amide bonds. The van der Waals surface area contributed by atoms with E-state index in [0.717, 1.165) is 0 Å². The summed E-state index contributed by atoms with van der Waals surface area (Å²) in [6.07, 6.45) is 1.09. The lowest BCUT2D eigenvalue weighted by molar-refractivity contribution is 0.0484. The van der Waals surface area contributed by atoms with Gasteiger partial charge >= 0.3 is 5.97 Å². The van der Waals surface area contributed by atoms with Crippen molar-refractivity contribution in [3.05, 3.63) is 17.9 Å². The van der Waals surface area contributed by atoms with Gasteiger partial charge in [0.25, 0.3) is 10.0 Å².